The van der Waals surface area contributed by atoms with Crippen molar-refractivity contribution in [3.63, 3.8) is 0 Å². The molecule has 0 aliphatic carbocycles. The molecule has 2 N–H and O–H groups in total. The Labute approximate surface area is 187 Å². The first-order valence-corrected chi connectivity index (χ1v) is 11.5. The van der Waals surface area contributed by atoms with Gasteiger partial charge in [0.05, 0.1) is 19.6 Å². The van der Waals surface area contributed by atoms with Gasteiger partial charge in [-0.3, -0.25) is 9.59 Å². The van der Waals surface area contributed by atoms with Crippen LogP contribution in [0.25, 0.3) is 0 Å². The predicted octanol–water partition coefficient (Wildman–Crippen LogP) is 0.534. The number of aryl methyl sites for hydroxylation is 2. The summed E-state index contributed by atoms with van der Waals surface area (Å²) in [4.78, 5) is 27.4. The molecule has 0 fully saturated rings. The van der Waals surface area contributed by atoms with E-state index in [4.69, 9.17) is 14.2 Å². The van der Waals surface area contributed by atoms with Crippen LogP contribution in [0.15, 0.2) is 35.5 Å². The van der Waals surface area contributed by atoms with Crippen LogP contribution in [0.2, 0.25) is 0 Å². The number of carbonyl (C=O) groups is 2. The second-order valence-corrected chi connectivity index (χ2v) is 8.36. The van der Waals surface area contributed by atoms with Crippen molar-refractivity contribution < 1.29 is 32.2 Å². The Morgan fingerprint density at radius 2 is 1.75 bits per heavy atom. The SMILES string of the molecule is CCOc1ccc(OCCNC(=O)COC(=O)CCNS(=O)(=O)c2cn(C)c(C)n2)cc1. The van der Waals surface area contributed by atoms with Crippen LogP contribution >= 0.6 is 0 Å². The van der Waals surface area contributed by atoms with Gasteiger partial charge in [-0.05, 0) is 38.1 Å². The average molecular weight is 469 g/mol. The van der Waals surface area contributed by atoms with Gasteiger partial charge in [0.15, 0.2) is 11.6 Å². The summed E-state index contributed by atoms with van der Waals surface area (Å²) in [5, 5.41) is 2.43. The maximum Gasteiger partial charge on any atom is 0.307 e. The molecule has 12 heteroatoms. The number of rotatable bonds is 13. The zero-order valence-corrected chi connectivity index (χ0v) is 19.1. The van der Waals surface area contributed by atoms with Gasteiger partial charge >= 0.3 is 5.97 Å². The lowest BCUT2D eigenvalue weighted by atomic mass is 10.3. The molecule has 1 aromatic heterocycles. The van der Waals surface area contributed by atoms with E-state index < -0.39 is 28.5 Å². The van der Waals surface area contributed by atoms with Crippen molar-refractivity contribution in [3.8, 4) is 11.5 Å². The monoisotopic (exact) mass is 468 g/mol. The van der Waals surface area contributed by atoms with Crippen LogP contribution < -0.4 is 19.5 Å². The highest BCUT2D eigenvalue weighted by Crippen LogP contribution is 2.17. The molecule has 2 rings (SSSR count). The highest BCUT2D eigenvalue weighted by Gasteiger charge is 2.18. The summed E-state index contributed by atoms with van der Waals surface area (Å²) in [5.41, 5.74) is 0. The van der Waals surface area contributed by atoms with E-state index >= 15 is 0 Å². The number of hydrogen-bond acceptors (Lipinski definition) is 8. The highest BCUT2D eigenvalue weighted by molar-refractivity contribution is 7.89. The second-order valence-electron chi connectivity index (χ2n) is 6.65. The van der Waals surface area contributed by atoms with Crippen LogP contribution in [0.3, 0.4) is 0 Å². The molecule has 0 atom stereocenters. The van der Waals surface area contributed by atoms with Crippen molar-refractivity contribution in [2.75, 3.05) is 32.9 Å². The molecule has 0 radical (unpaired) electrons. The summed E-state index contributed by atoms with van der Waals surface area (Å²) in [5.74, 6) is 0.733. The molecule has 2 aromatic rings. The van der Waals surface area contributed by atoms with E-state index in [1.807, 2.05) is 6.92 Å². The van der Waals surface area contributed by atoms with Crippen LogP contribution in [0.5, 0.6) is 11.5 Å². The van der Waals surface area contributed by atoms with Crippen LogP contribution in [0, 0.1) is 6.92 Å². The number of benzene rings is 1. The molecule has 32 heavy (non-hydrogen) atoms. The third-order valence-electron chi connectivity index (χ3n) is 4.18. The van der Waals surface area contributed by atoms with Crippen LogP contribution in [0.4, 0.5) is 0 Å². The largest absolute Gasteiger partial charge is 0.494 e. The van der Waals surface area contributed by atoms with E-state index in [2.05, 4.69) is 15.0 Å². The van der Waals surface area contributed by atoms with Crippen molar-refractivity contribution in [2.24, 2.45) is 7.05 Å². The number of aromatic nitrogens is 2. The Morgan fingerprint density at radius 1 is 1.09 bits per heavy atom. The van der Waals surface area contributed by atoms with Gasteiger partial charge in [0.25, 0.3) is 15.9 Å². The van der Waals surface area contributed by atoms with Gasteiger partial charge in [0.2, 0.25) is 0 Å². The highest BCUT2D eigenvalue weighted by atomic mass is 32.2. The summed E-state index contributed by atoms with van der Waals surface area (Å²) in [7, 11) is -2.15. The minimum Gasteiger partial charge on any atom is -0.494 e. The standard InChI is InChI=1S/C20H28N4O7S/c1-4-29-16-5-7-17(8-6-16)30-12-11-21-18(25)14-31-20(26)9-10-22-32(27,28)19-13-24(3)15(2)23-19/h5-8,13,22H,4,9-12,14H2,1-3H3,(H,21,25). The van der Waals surface area contributed by atoms with Crippen molar-refractivity contribution in [3.05, 3.63) is 36.3 Å². The summed E-state index contributed by atoms with van der Waals surface area (Å²) < 4.78 is 43.8. The van der Waals surface area contributed by atoms with Gasteiger partial charge in [0.1, 0.15) is 23.9 Å². The molecule has 0 saturated carbocycles. The Balaban J connectivity index is 1.58. The van der Waals surface area contributed by atoms with Crippen molar-refractivity contribution in [2.45, 2.75) is 25.3 Å². The summed E-state index contributed by atoms with van der Waals surface area (Å²) in [6, 6.07) is 7.10. The molecule has 0 aliphatic heterocycles. The summed E-state index contributed by atoms with van der Waals surface area (Å²) >= 11 is 0. The number of imidazole rings is 1. The number of nitrogens with zero attached hydrogens (tertiary/aromatic N) is 2. The van der Waals surface area contributed by atoms with E-state index in [9.17, 15) is 18.0 Å². The Morgan fingerprint density at radius 3 is 2.34 bits per heavy atom. The van der Waals surface area contributed by atoms with Crippen LogP contribution in [-0.4, -0.2) is 62.8 Å². The molecule has 0 unspecified atom stereocenters. The number of carbonyl (C=O) groups excluding carboxylic acids is 2. The number of ether oxygens (including phenoxy) is 3. The van der Waals surface area contributed by atoms with Gasteiger partial charge in [-0.25, -0.2) is 18.1 Å². The van der Waals surface area contributed by atoms with Crippen molar-refractivity contribution >= 4 is 21.9 Å². The first kappa shape index (κ1) is 25.1. The smallest absolute Gasteiger partial charge is 0.307 e. The van der Waals surface area contributed by atoms with E-state index in [-0.39, 0.29) is 31.1 Å². The third kappa shape index (κ3) is 8.19. The van der Waals surface area contributed by atoms with Gasteiger partial charge < -0.3 is 24.1 Å². The zero-order chi connectivity index (χ0) is 23.6. The molecule has 0 bridgehead atoms. The topological polar surface area (TPSA) is 138 Å². The number of hydrogen-bond donors (Lipinski definition) is 2. The van der Waals surface area contributed by atoms with E-state index in [0.29, 0.717) is 18.2 Å². The Kier molecular flexibility index (Phi) is 9.47. The average Bonchev–Trinajstić information content (AvgIpc) is 3.10. The Bertz CT molecular complexity index is 984. The fourth-order valence-electron chi connectivity index (χ4n) is 2.44. The number of amides is 1. The summed E-state index contributed by atoms with van der Waals surface area (Å²) in [6.07, 6.45) is 1.15. The molecule has 176 valence electrons. The fourth-order valence-corrected chi connectivity index (χ4v) is 3.51. The molecular formula is C20H28N4O7S. The zero-order valence-electron chi connectivity index (χ0n) is 18.3. The van der Waals surface area contributed by atoms with Crippen LogP contribution in [0.1, 0.15) is 19.2 Å². The van der Waals surface area contributed by atoms with Gasteiger partial charge in [-0.2, -0.15) is 0 Å². The molecule has 0 spiro atoms. The molecule has 1 amide bonds. The maximum absolute atomic E-state index is 12.1. The number of nitrogens with one attached hydrogen (secondary N) is 2. The molecule has 0 aliphatic rings. The Hall–Kier alpha value is -3.12. The molecular weight excluding hydrogens is 440 g/mol. The normalized spacial score (nSPS) is 11.1. The van der Waals surface area contributed by atoms with Gasteiger partial charge in [-0.1, -0.05) is 0 Å². The fraction of sp³-hybridized carbons (Fsp3) is 0.450. The van der Waals surface area contributed by atoms with E-state index in [0.717, 1.165) is 5.75 Å². The molecule has 1 heterocycles. The second kappa shape index (κ2) is 12.1. The van der Waals surface area contributed by atoms with Crippen molar-refractivity contribution in [1.29, 1.82) is 0 Å². The first-order valence-electron chi connectivity index (χ1n) is 9.99. The minimum atomic E-state index is -3.82. The number of esters is 1. The lowest BCUT2D eigenvalue weighted by Gasteiger charge is -2.09. The predicted molar refractivity (Wildman–Crippen MR) is 115 cm³/mol. The molecule has 11 nitrogen and oxygen atoms in total. The lowest BCUT2D eigenvalue weighted by molar-refractivity contribution is -0.148. The van der Waals surface area contributed by atoms with E-state index in [1.54, 1.807) is 42.8 Å². The quantitative estimate of drug-likeness (QED) is 0.321. The summed E-state index contributed by atoms with van der Waals surface area (Å²) in [6.45, 7) is 3.98. The first-order chi connectivity index (χ1) is 15.2. The van der Waals surface area contributed by atoms with Gasteiger partial charge in [-0.15, -0.1) is 0 Å². The van der Waals surface area contributed by atoms with Crippen molar-refractivity contribution in [1.82, 2.24) is 19.6 Å². The molecule has 0 saturated heterocycles. The minimum absolute atomic E-state index is 0.127. The maximum atomic E-state index is 12.1. The van der Waals surface area contributed by atoms with Gasteiger partial charge in [0, 0.05) is 19.8 Å². The lowest BCUT2D eigenvalue weighted by Crippen LogP contribution is -2.32. The van der Waals surface area contributed by atoms with Crippen LogP contribution in [-0.2, 0) is 31.4 Å². The van der Waals surface area contributed by atoms with E-state index in [1.165, 1.54) is 6.20 Å². The molecule has 1 aromatic carbocycles. The number of sulfonamides is 1. The third-order valence-corrected chi connectivity index (χ3v) is 5.51.